The van der Waals surface area contributed by atoms with Crippen LogP contribution in [0.25, 0.3) is 11.3 Å². The molecule has 86 valence electrons. The van der Waals surface area contributed by atoms with Crippen LogP contribution >= 0.6 is 0 Å². The summed E-state index contributed by atoms with van der Waals surface area (Å²) >= 11 is 0. The highest BCUT2D eigenvalue weighted by molar-refractivity contribution is 5.61. The average molecular weight is 229 g/mol. The van der Waals surface area contributed by atoms with Crippen molar-refractivity contribution < 1.29 is 4.39 Å². The minimum atomic E-state index is -0.416. The van der Waals surface area contributed by atoms with E-state index in [0.29, 0.717) is 17.2 Å². The minimum Gasteiger partial charge on any atom is -0.396 e. The van der Waals surface area contributed by atoms with E-state index in [1.807, 2.05) is 0 Å². The minimum absolute atomic E-state index is 0.153. The first kappa shape index (κ1) is 10.2. The molecule has 1 saturated carbocycles. The number of hydrogen-bond acceptors (Lipinski definition) is 3. The Morgan fingerprint density at radius 1 is 1.24 bits per heavy atom. The van der Waals surface area contributed by atoms with Gasteiger partial charge in [0.15, 0.2) is 0 Å². The van der Waals surface area contributed by atoms with Crippen LogP contribution in [0.2, 0.25) is 0 Å². The molecule has 0 unspecified atom stereocenters. The van der Waals surface area contributed by atoms with Gasteiger partial charge in [-0.15, -0.1) is 0 Å². The summed E-state index contributed by atoms with van der Waals surface area (Å²) in [5.74, 6) is 0.127. The quantitative estimate of drug-likeness (QED) is 0.805. The number of hydrogen-bond donors (Lipinski definition) is 1. The summed E-state index contributed by atoms with van der Waals surface area (Å²) in [5.41, 5.74) is 8.01. The first-order valence-electron chi connectivity index (χ1n) is 5.61. The standard InChI is InChI=1S/C13H12FN3/c14-10-5-9(3-4-11(10)15)13-7-16-6-12(17-13)8-1-2-8/h3-8H,1-2,15H2. The molecule has 3 rings (SSSR count). The Balaban J connectivity index is 2.01. The van der Waals surface area contributed by atoms with Gasteiger partial charge in [-0.3, -0.25) is 4.98 Å². The van der Waals surface area contributed by atoms with E-state index in [0.717, 1.165) is 5.69 Å². The molecule has 1 aliphatic carbocycles. The fourth-order valence-corrected chi connectivity index (χ4v) is 1.78. The van der Waals surface area contributed by atoms with E-state index in [1.54, 1.807) is 24.5 Å². The van der Waals surface area contributed by atoms with Gasteiger partial charge in [0.1, 0.15) is 5.82 Å². The Labute approximate surface area is 98.5 Å². The van der Waals surface area contributed by atoms with Crippen LogP contribution in [0.1, 0.15) is 24.5 Å². The maximum atomic E-state index is 13.4. The third-order valence-electron chi connectivity index (χ3n) is 2.95. The third-order valence-corrected chi connectivity index (χ3v) is 2.95. The lowest BCUT2D eigenvalue weighted by Gasteiger charge is -2.04. The topological polar surface area (TPSA) is 51.8 Å². The molecular weight excluding hydrogens is 217 g/mol. The molecule has 0 aliphatic heterocycles. The number of aromatic nitrogens is 2. The van der Waals surface area contributed by atoms with Gasteiger partial charge in [-0.05, 0) is 25.0 Å². The van der Waals surface area contributed by atoms with Gasteiger partial charge >= 0.3 is 0 Å². The Kier molecular flexibility index (Phi) is 2.28. The number of benzene rings is 1. The van der Waals surface area contributed by atoms with Gasteiger partial charge in [0.05, 0.1) is 23.3 Å². The summed E-state index contributed by atoms with van der Waals surface area (Å²) in [6, 6.07) is 4.71. The lowest BCUT2D eigenvalue weighted by atomic mass is 10.1. The normalized spacial score (nSPS) is 14.9. The lowest BCUT2D eigenvalue weighted by Crippen LogP contribution is -1.94. The van der Waals surface area contributed by atoms with Gasteiger partial charge < -0.3 is 5.73 Å². The molecule has 1 aromatic heterocycles. The largest absolute Gasteiger partial charge is 0.396 e. The summed E-state index contributed by atoms with van der Waals surface area (Å²) in [5, 5.41) is 0. The molecule has 2 aromatic rings. The molecule has 1 aliphatic rings. The van der Waals surface area contributed by atoms with Crippen LogP contribution in [0.4, 0.5) is 10.1 Å². The van der Waals surface area contributed by atoms with E-state index in [-0.39, 0.29) is 5.69 Å². The second-order valence-corrected chi connectivity index (χ2v) is 4.34. The highest BCUT2D eigenvalue weighted by atomic mass is 19.1. The summed E-state index contributed by atoms with van der Waals surface area (Å²) in [7, 11) is 0. The van der Waals surface area contributed by atoms with Gasteiger partial charge in [0, 0.05) is 17.7 Å². The van der Waals surface area contributed by atoms with Gasteiger partial charge in [-0.2, -0.15) is 0 Å². The molecule has 0 amide bonds. The summed E-state index contributed by atoms with van der Waals surface area (Å²) in [6.07, 6.45) is 5.79. The van der Waals surface area contributed by atoms with Crippen molar-refractivity contribution in [3.63, 3.8) is 0 Å². The maximum absolute atomic E-state index is 13.4. The second-order valence-electron chi connectivity index (χ2n) is 4.34. The Bertz CT molecular complexity index is 564. The van der Waals surface area contributed by atoms with Crippen LogP contribution in [0.5, 0.6) is 0 Å². The van der Waals surface area contributed by atoms with Gasteiger partial charge in [-0.1, -0.05) is 6.07 Å². The number of halogens is 1. The van der Waals surface area contributed by atoms with Crippen molar-refractivity contribution in [2.75, 3.05) is 5.73 Å². The van der Waals surface area contributed by atoms with Crippen LogP contribution in [0, 0.1) is 5.82 Å². The zero-order chi connectivity index (χ0) is 11.8. The fourth-order valence-electron chi connectivity index (χ4n) is 1.78. The number of nitrogen functional groups attached to an aromatic ring is 1. The van der Waals surface area contributed by atoms with E-state index < -0.39 is 5.82 Å². The van der Waals surface area contributed by atoms with Crippen molar-refractivity contribution in [2.45, 2.75) is 18.8 Å². The van der Waals surface area contributed by atoms with Crippen LogP contribution < -0.4 is 5.73 Å². The summed E-state index contributed by atoms with van der Waals surface area (Å²) in [4.78, 5) is 8.66. The first-order valence-corrected chi connectivity index (χ1v) is 5.61. The molecular formula is C13H12FN3. The molecule has 1 fully saturated rings. The predicted molar refractivity (Wildman–Crippen MR) is 63.8 cm³/mol. The molecule has 0 bridgehead atoms. The van der Waals surface area contributed by atoms with Crippen LogP contribution in [0.3, 0.4) is 0 Å². The Morgan fingerprint density at radius 3 is 2.76 bits per heavy atom. The molecule has 3 nitrogen and oxygen atoms in total. The van der Waals surface area contributed by atoms with Crippen molar-refractivity contribution in [1.82, 2.24) is 9.97 Å². The monoisotopic (exact) mass is 229 g/mol. The molecule has 1 heterocycles. The molecule has 0 radical (unpaired) electrons. The predicted octanol–water partition coefficient (Wildman–Crippen LogP) is 2.74. The molecule has 0 atom stereocenters. The maximum Gasteiger partial charge on any atom is 0.146 e. The number of anilines is 1. The zero-order valence-electron chi connectivity index (χ0n) is 9.23. The van der Waals surface area contributed by atoms with Crippen LogP contribution in [-0.4, -0.2) is 9.97 Å². The van der Waals surface area contributed by atoms with Crippen molar-refractivity contribution in [1.29, 1.82) is 0 Å². The third kappa shape index (κ3) is 1.98. The number of nitrogens with two attached hydrogens (primary N) is 1. The van der Waals surface area contributed by atoms with Crippen LogP contribution in [-0.2, 0) is 0 Å². The first-order chi connectivity index (χ1) is 8.24. The van der Waals surface area contributed by atoms with Gasteiger partial charge in [-0.25, -0.2) is 9.37 Å². The summed E-state index contributed by atoms with van der Waals surface area (Å²) < 4.78 is 13.4. The SMILES string of the molecule is Nc1ccc(-c2cncc(C3CC3)n2)cc1F. The van der Waals surface area contributed by atoms with E-state index in [2.05, 4.69) is 9.97 Å². The van der Waals surface area contributed by atoms with E-state index in [1.165, 1.54) is 18.9 Å². The van der Waals surface area contributed by atoms with Gasteiger partial charge in [0.25, 0.3) is 0 Å². The lowest BCUT2D eigenvalue weighted by molar-refractivity contribution is 0.633. The number of nitrogens with zero attached hydrogens (tertiary/aromatic N) is 2. The molecule has 1 aromatic carbocycles. The molecule has 2 N–H and O–H groups in total. The molecule has 0 saturated heterocycles. The van der Waals surface area contributed by atoms with Crippen molar-refractivity contribution in [3.05, 3.63) is 42.1 Å². The highest BCUT2D eigenvalue weighted by Gasteiger charge is 2.25. The Hall–Kier alpha value is -1.97. The molecule has 17 heavy (non-hydrogen) atoms. The highest BCUT2D eigenvalue weighted by Crippen LogP contribution is 2.39. The zero-order valence-corrected chi connectivity index (χ0v) is 9.23. The van der Waals surface area contributed by atoms with Crippen molar-refractivity contribution in [3.8, 4) is 11.3 Å². The summed E-state index contributed by atoms with van der Waals surface area (Å²) in [6.45, 7) is 0. The smallest absolute Gasteiger partial charge is 0.146 e. The molecule has 0 spiro atoms. The fraction of sp³-hybridized carbons (Fsp3) is 0.231. The second kappa shape index (κ2) is 3.80. The van der Waals surface area contributed by atoms with Crippen LogP contribution in [0.15, 0.2) is 30.6 Å². The van der Waals surface area contributed by atoms with E-state index >= 15 is 0 Å². The van der Waals surface area contributed by atoms with Crippen molar-refractivity contribution in [2.24, 2.45) is 0 Å². The molecule has 4 heteroatoms. The Morgan fingerprint density at radius 2 is 2.06 bits per heavy atom. The van der Waals surface area contributed by atoms with E-state index in [4.69, 9.17) is 5.73 Å². The van der Waals surface area contributed by atoms with Gasteiger partial charge in [0.2, 0.25) is 0 Å². The van der Waals surface area contributed by atoms with E-state index in [9.17, 15) is 4.39 Å². The van der Waals surface area contributed by atoms with Crippen molar-refractivity contribution >= 4 is 5.69 Å². The number of rotatable bonds is 2. The average Bonchev–Trinajstić information content (AvgIpc) is 3.17.